The summed E-state index contributed by atoms with van der Waals surface area (Å²) in [5.74, 6) is -0.0673. The molecule has 0 aromatic heterocycles. The van der Waals surface area contributed by atoms with Crippen LogP contribution in [0.4, 0.5) is 0 Å². The van der Waals surface area contributed by atoms with E-state index in [1.165, 1.54) is 0 Å². The third-order valence-corrected chi connectivity index (χ3v) is 3.44. The first-order chi connectivity index (χ1) is 8.69. The first-order valence-electron chi connectivity index (χ1n) is 6.15. The van der Waals surface area contributed by atoms with Crippen molar-refractivity contribution in [2.45, 2.75) is 12.5 Å². The minimum Gasteiger partial charge on any atom is -0.380 e. The van der Waals surface area contributed by atoms with Crippen molar-refractivity contribution in [3.05, 3.63) is 84.4 Å². The van der Waals surface area contributed by atoms with Crippen molar-refractivity contribution in [1.29, 1.82) is 0 Å². The van der Waals surface area contributed by atoms with E-state index in [1.807, 2.05) is 67.6 Å². The van der Waals surface area contributed by atoms with Gasteiger partial charge in [0, 0.05) is 5.92 Å². The maximum atomic E-state index is 11.2. The lowest BCUT2D eigenvalue weighted by atomic mass is 9.77. The van der Waals surface area contributed by atoms with Crippen LogP contribution < -0.4 is 0 Å². The lowest BCUT2D eigenvalue weighted by Gasteiger charge is -2.33. The third-order valence-electron chi connectivity index (χ3n) is 3.44. The Labute approximate surface area is 108 Å². The Kier molecular flexibility index (Phi) is 3.63. The van der Waals surface area contributed by atoms with Crippen molar-refractivity contribution >= 4 is 0 Å². The molecule has 1 N–H and O–H groups in total. The Morgan fingerprint density at radius 3 is 1.67 bits per heavy atom. The molecule has 1 nitrogen and oxygen atoms in total. The van der Waals surface area contributed by atoms with Crippen LogP contribution in [0.3, 0.4) is 0 Å². The molecule has 1 unspecified atom stereocenters. The summed E-state index contributed by atoms with van der Waals surface area (Å²) in [6.07, 6.45) is 1.79. The van der Waals surface area contributed by atoms with Gasteiger partial charge in [0.25, 0.3) is 0 Å². The summed E-state index contributed by atoms with van der Waals surface area (Å²) in [7, 11) is 0. The molecule has 1 heteroatoms. The second kappa shape index (κ2) is 5.19. The van der Waals surface area contributed by atoms with Crippen molar-refractivity contribution in [3.8, 4) is 0 Å². The van der Waals surface area contributed by atoms with Gasteiger partial charge in [0.05, 0.1) is 0 Å². The SMILES string of the molecule is C=CC(C)C(O)(c1ccccc1)c1ccccc1. The van der Waals surface area contributed by atoms with E-state index in [2.05, 4.69) is 6.58 Å². The van der Waals surface area contributed by atoms with E-state index in [0.717, 1.165) is 11.1 Å². The normalized spacial score (nSPS) is 13.0. The summed E-state index contributed by atoms with van der Waals surface area (Å²) in [6.45, 7) is 5.80. The number of hydrogen-bond acceptors (Lipinski definition) is 1. The van der Waals surface area contributed by atoms with Crippen molar-refractivity contribution in [2.75, 3.05) is 0 Å². The molecule has 0 amide bonds. The second-order valence-corrected chi connectivity index (χ2v) is 4.52. The van der Waals surface area contributed by atoms with Crippen molar-refractivity contribution in [2.24, 2.45) is 5.92 Å². The van der Waals surface area contributed by atoms with Crippen LogP contribution in [0.2, 0.25) is 0 Å². The lowest BCUT2D eigenvalue weighted by molar-refractivity contribution is 0.0435. The van der Waals surface area contributed by atoms with Crippen LogP contribution in [-0.2, 0) is 5.60 Å². The third kappa shape index (κ3) is 2.09. The maximum Gasteiger partial charge on any atom is 0.121 e. The average molecular weight is 238 g/mol. The predicted octanol–water partition coefficient (Wildman–Crippen LogP) is 3.74. The van der Waals surface area contributed by atoms with Crippen molar-refractivity contribution in [3.63, 3.8) is 0 Å². The molecular weight excluding hydrogens is 220 g/mol. The molecule has 1 atom stereocenters. The zero-order valence-corrected chi connectivity index (χ0v) is 10.6. The van der Waals surface area contributed by atoms with Gasteiger partial charge in [-0.25, -0.2) is 0 Å². The highest BCUT2D eigenvalue weighted by atomic mass is 16.3. The Balaban J connectivity index is 2.59. The van der Waals surface area contributed by atoms with E-state index >= 15 is 0 Å². The summed E-state index contributed by atoms with van der Waals surface area (Å²) >= 11 is 0. The Hall–Kier alpha value is -1.86. The molecule has 0 saturated carbocycles. The van der Waals surface area contributed by atoms with Gasteiger partial charge < -0.3 is 5.11 Å². The van der Waals surface area contributed by atoms with Gasteiger partial charge >= 0.3 is 0 Å². The van der Waals surface area contributed by atoms with Crippen LogP contribution >= 0.6 is 0 Å². The summed E-state index contributed by atoms with van der Waals surface area (Å²) in [4.78, 5) is 0. The predicted molar refractivity (Wildman–Crippen MR) is 75.2 cm³/mol. The molecule has 0 fully saturated rings. The molecule has 0 spiro atoms. The molecule has 0 saturated heterocycles. The fraction of sp³-hybridized carbons (Fsp3) is 0.176. The molecule has 0 aliphatic rings. The largest absolute Gasteiger partial charge is 0.380 e. The van der Waals surface area contributed by atoms with E-state index in [0.29, 0.717) is 0 Å². The number of rotatable bonds is 4. The van der Waals surface area contributed by atoms with E-state index in [1.54, 1.807) is 6.08 Å². The van der Waals surface area contributed by atoms with Crippen LogP contribution in [0.5, 0.6) is 0 Å². The minimum atomic E-state index is -1.02. The van der Waals surface area contributed by atoms with Gasteiger partial charge in [-0.15, -0.1) is 6.58 Å². The van der Waals surface area contributed by atoms with Crippen LogP contribution in [0.1, 0.15) is 18.1 Å². The molecule has 0 aliphatic carbocycles. The maximum absolute atomic E-state index is 11.2. The summed E-state index contributed by atoms with van der Waals surface area (Å²) in [6, 6.07) is 19.5. The van der Waals surface area contributed by atoms with Crippen LogP contribution in [0, 0.1) is 5.92 Å². The smallest absolute Gasteiger partial charge is 0.121 e. The van der Waals surface area contributed by atoms with Crippen LogP contribution in [0.25, 0.3) is 0 Å². The number of aliphatic hydroxyl groups is 1. The fourth-order valence-electron chi connectivity index (χ4n) is 2.25. The molecule has 0 bridgehead atoms. The average Bonchev–Trinajstić information content (AvgIpc) is 2.47. The monoisotopic (exact) mass is 238 g/mol. The Morgan fingerprint density at radius 1 is 0.944 bits per heavy atom. The molecule has 2 aromatic rings. The van der Waals surface area contributed by atoms with Crippen LogP contribution in [0.15, 0.2) is 73.3 Å². The van der Waals surface area contributed by atoms with Gasteiger partial charge in [-0.1, -0.05) is 73.7 Å². The molecule has 0 heterocycles. The van der Waals surface area contributed by atoms with Gasteiger partial charge in [0.1, 0.15) is 5.60 Å². The Morgan fingerprint density at radius 2 is 1.33 bits per heavy atom. The van der Waals surface area contributed by atoms with E-state index in [4.69, 9.17) is 0 Å². The topological polar surface area (TPSA) is 20.2 Å². The van der Waals surface area contributed by atoms with Crippen molar-refractivity contribution < 1.29 is 5.11 Å². The van der Waals surface area contributed by atoms with Gasteiger partial charge in [-0.3, -0.25) is 0 Å². The standard InChI is InChI=1S/C17H18O/c1-3-14(2)17(18,15-10-6-4-7-11-15)16-12-8-5-9-13-16/h3-14,18H,1H2,2H3. The molecule has 2 rings (SSSR count). The summed E-state index contributed by atoms with van der Waals surface area (Å²) in [5, 5.41) is 11.2. The fourth-order valence-corrected chi connectivity index (χ4v) is 2.25. The second-order valence-electron chi connectivity index (χ2n) is 4.52. The van der Waals surface area contributed by atoms with E-state index < -0.39 is 5.60 Å². The minimum absolute atomic E-state index is 0.0673. The Bertz CT molecular complexity index is 462. The van der Waals surface area contributed by atoms with Gasteiger partial charge in [-0.05, 0) is 11.1 Å². The molecule has 0 aliphatic heterocycles. The van der Waals surface area contributed by atoms with Gasteiger partial charge in [0.15, 0.2) is 0 Å². The lowest BCUT2D eigenvalue weighted by Crippen LogP contribution is -2.33. The van der Waals surface area contributed by atoms with Gasteiger partial charge in [-0.2, -0.15) is 0 Å². The summed E-state index contributed by atoms with van der Waals surface area (Å²) < 4.78 is 0. The highest BCUT2D eigenvalue weighted by Gasteiger charge is 2.35. The summed E-state index contributed by atoms with van der Waals surface area (Å²) in [5.41, 5.74) is 0.761. The van der Waals surface area contributed by atoms with E-state index in [9.17, 15) is 5.11 Å². The molecule has 0 radical (unpaired) electrons. The molecule has 18 heavy (non-hydrogen) atoms. The zero-order valence-electron chi connectivity index (χ0n) is 10.6. The first kappa shape index (κ1) is 12.6. The van der Waals surface area contributed by atoms with E-state index in [-0.39, 0.29) is 5.92 Å². The molecular formula is C17H18O. The van der Waals surface area contributed by atoms with Crippen LogP contribution in [-0.4, -0.2) is 5.11 Å². The number of hydrogen-bond donors (Lipinski definition) is 1. The highest BCUT2D eigenvalue weighted by Crippen LogP contribution is 2.37. The first-order valence-corrected chi connectivity index (χ1v) is 6.15. The molecule has 2 aromatic carbocycles. The zero-order chi connectivity index (χ0) is 13.0. The van der Waals surface area contributed by atoms with Gasteiger partial charge in [0.2, 0.25) is 0 Å². The molecule has 92 valence electrons. The quantitative estimate of drug-likeness (QED) is 0.804. The number of benzene rings is 2. The highest BCUT2D eigenvalue weighted by molar-refractivity contribution is 5.37. The van der Waals surface area contributed by atoms with Crippen molar-refractivity contribution in [1.82, 2.24) is 0 Å².